The maximum atomic E-state index is 11.5. The minimum absolute atomic E-state index is 0.0572. The van der Waals surface area contributed by atoms with Gasteiger partial charge in [-0.3, -0.25) is 14.9 Å². The Morgan fingerprint density at radius 2 is 2.00 bits per heavy atom. The van der Waals surface area contributed by atoms with Crippen molar-refractivity contribution in [2.24, 2.45) is 0 Å². The fourth-order valence-electron chi connectivity index (χ4n) is 1.33. The molecule has 0 radical (unpaired) electrons. The number of amides is 2. The van der Waals surface area contributed by atoms with E-state index in [2.05, 4.69) is 10.6 Å². The van der Waals surface area contributed by atoms with Crippen molar-refractivity contribution in [1.82, 2.24) is 15.5 Å². The lowest BCUT2D eigenvalue weighted by Crippen LogP contribution is -2.41. The van der Waals surface area contributed by atoms with Crippen LogP contribution in [0.5, 0.6) is 0 Å². The van der Waals surface area contributed by atoms with Crippen molar-refractivity contribution in [3.05, 3.63) is 0 Å². The molecule has 0 atom stereocenters. The van der Waals surface area contributed by atoms with Gasteiger partial charge in [0.05, 0.1) is 13.1 Å². The smallest absolute Gasteiger partial charge is 0.236 e. The molecule has 1 aliphatic rings. The van der Waals surface area contributed by atoms with E-state index >= 15 is 0 Å². The number of hydrogen-bond donors (Lipinski definition) is 2. The third-order valence-electron chi connectivity index (χ3n) is 2.42. The molecule has 15 heavy (non-hydrogen) atoms. The van der Waals surface area contributed by atoms with E-state index in [1.54, 1.807) is 4.90 Å². The summed E-state index contributed by atoms with van der Waals surface area (Å²) in [5, 5.41) is 5.49. The van der Waals surface area contributed by atoms with Crippen LogP contribution >= 0.6 is 0 Å². The number of carbonyl (C=O) groups is 2. The van der Waals surface area contributed by atoms with Gasteiger partial charge in [-0.2, -0.15) is 0 Å². The molecular weight excluding hydrogens is 194 g/mol. The van der Waals surface area contributed by atoms with Gasteiger partial charge in [-0.15, -0.1) is 0 Å². The first-order valence-corrected chi connectivity index (χ1v) is 5.38. The van der Waals surface area contributed by atoms with Gasteiger partial charge in [0.25, 0.3) is 0 Å². The van der Waals surface area contributed by atoms with Crippen LogP contribution in [-0.2, 0) is 9.59 Å². The molecule has 0 spiro atoms. The van der Waals surface area contributed by atoms with Crippen molar-refractivity contribution in [2.75, 3.05) is 26.7 Å². The maximum Gasteiger partial charge on any atom is 0.236 e. The lowest BCUT2D eigenvalue weighted by Gasteiger charge is -2.16. The molecule has 2 amide bonds. The van der Waals surface area contributed by atoms with Crippen LogP contribution < -0.4 is 10.6 Å². The van der Waals surface area contributed by atoms with Gasteiger partial charge >= 0.3 is 0 Å². The van der Waals surface area contributed by atoms with Crippen LogP contribution in [0.3, 0.4) is 0 Å². The monoisotopic (exact) mass is 213 g/mol. The summed E-state index contributed by atoms with van der Waals surface area (Å²) in [5.41, 5.74) is 0. The molecule has 2 N–H and O–H groups in total. The summed E-state index contributed by atoms with van der Waals surface area (Å²) < 4.78 is 0. The van der Waals surface area contributed by atoms with Crippen molar-refractivity contribution in [1.29, 1.82) is 0 Å². The molecule has 5 nitrogen and oxygen atoms in total. The van der Waals surface area contributed by atoms with Gasteiger partial charge in [-0.05, 0) is 19.8 Å². The molecule has 86 valence electrons. The molecule has 1 saturated carbocycles. The van der Waals surface area contributed by atoms with Gasteiger partial charge < -0.3 is 10.2 Å². The third kappa shape index (κ3) is 4.29. The predicted octanol–water partition coefficient (Wildman–Crippen LogP) is -0.667. The summed E-state index contributed by atoms with van der Waals surface area (Å²) >= 11 is 0. The van der Waals surface area contributed by atoms with E-state index in [1.807, 2.05) is 14.0 Å². The molecule has 1 fully saturated rings. The molecule has 5 heteroatoms. The first kappa shape index (κ1) is 12.0. The summed E-state index contributed by atoms with van der Waals surface area (Å²) in [6.07, 6.45) is 2.22. The molecule has 0 saturated heterocycles. The number of carbonyl (C=O) groups excluding carboxylic acids is 2. The lowest BCUT2D eigenvalue weighted by atomic mass is 10.4. The third-order valence-corrected chi connectivity index (χ3v) is 2.42. The van der Waals surface area contributed by atoms with Gasteiger partial charge in [0.1, 0.15) is 0 Å². The van der Waals surface area contributed by atoms with Crippen LogP contribution in [0, 0.1) is 0 Å². The lowest BCUT2D eigenvalue weighted by molar-refractivity contribution is -0.129. The number of rotatable bonds is 6. The SMILES string of the molecule is CCNC(=O)CNCC(=O)N(C)C1CC1. The van der Waals surface area contributed by atoms with E-state index in [1.165, 1.54) is 0 Å². The Morgan fingerprint density at radius 3 is 2.53 bits per heavy atom. The molecule has 0 aliphatic heterocycles. The first-order chi connectivity index (χ1) is 7.15. The van der Waals surface area contributed by atoms with Crippen LogP contribution in [0.15, 0.2) is 0 Å². The molecule has 0 bridgehead atoms. The summed E-state index contributed by atoms with van der Waals surface area (Å²) in [6.45, 7) is 2.93. The second-order valence-corrected chi connectivity index (χ2v) is 3.79. The standard InChI is InChI=1S/C10H19N3O2/c1-3-12-9(14)6-11-7-10(15)13(2)8-4-5-8/h8,11H,3-7H2,1-2H3,(H,12,14). The summed E-state index contributed by atoms with van der Waals surface area (Å²) in [7, 11) is 1.81. The Hall–Kier alpha value is -1.10. The summed E-state index contributed by atoms with van der Waals surface area (Å²) in [4.78, 5) is 24.3. The van der Waals surface area contributed by atoms with Crippen molar-refractivity contribution >= 4 is 11.8 Å². The van der Waals surface area contributed by atoms with Gasteiger partial charge in [-0.25, -0.2) is 0 Å². The molecule has 0 aromatic heterocycles. The summed E-state index contributed by atoms with van der Waals surface area (Å²) in [5.74, 6) is -0.0128. The second kappa shape index (κ2) is 5.70. The van der Waals surface area contributed by atoms with E-state index in [4.69, 9.17) is 0 Å². The fraction of sp³-hybridized carbons (Fsp3) is 0.800. The van der Waals surface area contributed by atoms with Crippen LogP contribution in [0.1, 0.15) is 19.8 Å². The molecule has 0 aromatic carbocycles. The number of likely N-dealkylation sites (N-methyl/N-ethyl adjacent to an activating group) is 2. The quantitative estimate of drug-likeness (QED) is 0.615. The maximum absolute atomic E-state index is 11.5. The van der Waals surface area contributed by atoms with Gasteiger partial charge in [0.15, 0.2) is 0 Å². The molecule has 0 unspecified atom stereocenters. The topological polar surface area (TPSA) is 61.4 Å². The van der Waals surface area contributed by atoms with Crippen LogP contribution in [0.2, 0.25) is 0 Å². The normalized spacial score (nSPS) is 14.8. The zero-order valence-corrected chi connectivity index (χ0v) is 9.38. The van der Waals surface area contributed by atoms with Crippen LogP contribution in [0.25, 0.3) is 0 Å². The van der Waals surface area contributed by atoms with Gasteiger partial charge in [0.2, 0.25) is 11.8 Å². The van der Waals surface area contributed by atoms with Gasteiger partial charge in [-0.1, -0.05) is 0 Å². The Morgan fingerprint density at radius 1 is 1.33 bits per heavy atom. The van der Waals surface area contributed by atoms with Crippen LogP contribution in [0.4, 0.5) is 0 Å². The molecule has 1 rings (SSSR count). The number of nitrogens with zero attached hydrogens (tertiary/aromatic N) is 1. The van der Waals surface area contributed by atoms with Crippen LogP contribution in [-0.4, -0.2) is 49.4 Å². The number of nitrogens with one attached hydrogen (secondary N) is 2. The number of hydrogen-bond acceptors (Lipinski definition) is 3. The average molecular weight is 213 g/mol. The molecule has 1 aliphatic carbocycles. The summed E-state index contributed by atoms with van der Waals surface area (Å²) in [6, 6.07) is 0.434. The predicted molar refractivity (Wildman–Crippen MR) is 57.3 cm³/mol. The highest BCUT2D eigenvalue weighted by Gasteiger charge is 2.28. The molecule has 0 heterocycles. The second-order valence-electron chi connectivity index (χ2n) is 3.79. The van der Waals surface area contributed by atoms with E-state index in [9.17, 15) is 9.59 Å². The van der Waals surface area contributed by atoms with Crippen molar-refractivity contribution in [3.8, 4) is 0 Å². The van der Waals surface area contributed by atoms with E-state index < -0.39 is 0 Å². The minimum Gasteiger partial charge on any atom is -0.355 e. The van der Waals surface area contributed by atoms with E-state index in [0.717, 1.165) is 12.8 Å². The Balaban J connectivity index is 2.08. The van der Waals surface area contributed by atoms with Crippen molar-refractivity contribution < 1.29 is 9.59 Å². The Labute approximate surface area is 90.2 Å². The zero-order valence-electron chi connectivity index (χ0n) is 9.38. The fourth-order valence-corrected chi connectivity index (χ4v) is 1.33. The highest BCUT2D eigenvalue weighted by atomic mass is 16.2. The van der Waals surface area contributed by atoms with Gasteiger partial charge in [0, 0.05) is 19.6 Å². The average Bonchev–Trinajstić information content (AvgIpc) is 3.00. The highest BCUT2D eigenvalue weighted by molar-refractivity contribution is 5.81. The zero-order chi connectivity index (χ0) is 11.3. The van der Waals surface area contributed by atoms with Crippen molar-refractivity contribution in [2.45, 2.75) is 25.8 Å². The first-order valence-electron chi connectivity index (χ1n) is 5.38. The molecule has 0 aromatic rings. The van der Waals surface area contributed by atoms with E-state index in [-0.39, 0.29) is 24.9 Å². The van der Waals surface area contributed by atoms with E-state index in [0.29, 0.717) is 12.6 Å². The Kier molecular flexibility index (Phi) is 4.55. The minimum atomic E-state index is -0.0700. The highest BCUT2D eigenvalue weighted by Crippen LogP contribution is 2.24. The Bertz CT molecular complexity index is 239. The van der Waals surface area contributed by atoms with Crippen molar-refractivity contribution in [3.63, 3.8) is 0 Å². The molecular formula is C10H19N3O2. The largest absolute Gasteiger partial charge is 0.355 e.